The molecule has 4 aromatic rings. The smallest absolute Gasteiger partial charge is 0.277 e. The Kier molecular flexibility index (Phi) is 5.55. The van der Waals surface area contributed by atoms with Crippen molar-refractivity contribution in [2.24, 2.45) is 0 Å². The van der Waals surface area contributed by atoms with Crippen molar-refractivity contribution in [3.8, 4) is 23.0 Å². The molecule has 5 rings (SSSR count). The Morgan fingerprint density at radius 2 is 1.79 bits per heavy atom. The van der Waals surface area contributed by atoms with Crippen molar-refractivity contribution >= 4 is 16.9 Å². The highest BCUT2D eigenvalue weighted by molar-refractivity contribution is 5.81. The number of para-hydroxylation sites is 1. The number of hydrogen-bond donors (Lipinski definition) is 1. The van der Waals surface area contributed by atoms with Crippen LogP contribution in [0.3, 0.4) is 0 Å². The van der Waals surface area contributed by atoms with Gasteiger partial charge in [0.2, 0.25) is 5.88 Å². The van der Waals surface area contributed by atoms with E-state index < -0.39 is 0 Å². The molecule has 9 heteroatoms. The molecule has 4 heterocycles. The highest BCUT2D eigenvalue weighted by atomic mass is 16.5. The van der Waals surface area contributed by atoms with E-state index in [1.54, 1.807) is 4.68 Å². The van der Waals surface area contributed by atoms with Crippen LogP contribution in [0.25, 0.3) is 28.1 Å². The molecule has 1 aromatic carbocycles. The fraction of sp³-hybridized carbons (Fsp3) is 0.333. The Morgan fingerprint density at radius 3 is 2.52 bits per heavy atom. The van der Waals surface area contributed by atoms with Crippen molar-refractivity contribution in [3.63, 3.8) is 0 Å². The third-order valence-corrected chi connectivity index (χ3v) is 5.91. The summed E-state index contributed by atoms with van der Waals surface area (Å²) in [5.41, 5.74) is 2.86. The summed E-state index contributed by atoms with van der Waals surface area (Å²) in [5.74, 6) is 1.75. The summed E-state index contributed by atoms with van der Waals surface area (Å²) in [5, 5.41) is 4.57. The predicted molar refractivity (Wildman–Crippen MR) is 128 cm³/mol. The van der Waals surface area contributed by atoms with E-state index in [2.05, 4.69) is 26.9 Å². The lowest BCUT2D eigenvalue weighted by atomic mass is 10.2. The zero-order valence-corrected chi connectivity index (χ0v) is 19.1. The fourth-order valence-corrected chi connectivity index (χ4v) is 4.12. The molecular formula is C24H27N7O2. The van der Waals surface area contributed by atoms with E-state index in [1.807, 2.05) is 56.3 Å². The number of piperazine rings is 1. The van der Waals surface area contributed by atoms with Crippen molar-refractivity contribution in [2.75, 3.05) is 44.7 Å². The zero-order valence-electron chi connectivity index (χ0n) is 19.1. The number of aryl methyl sites for hydroxylation is 1. The van der Waals surface area contributed by atoms with Crippen molar-refractivity contribution in [1.82, 2.24) is 29.6 Å². The molecule has 0 saturated carbocycles. The number of rotatable bonds is 5. The lowest BCUT2D eigenvalue weighted by molar-refractivity contribution is 0.309. The van der Waals surface area contributed by atoms with Crippen LogP contribution in [-0.4, -0.2) is 69.5 Å². The predicted octanol–water partition coefficient (Wildman–Crippen LogP) is 2.63. The molecule has 1 aliphatic rings. The first-order valence-electron chi connectivity index (χ1n) is 11.2. The molecule has 1 aliphatic heterocycles. The molecular weight excluding hydrogens is 418 g/mol. The minimum Gasteiger partial charge on any atom is -0.477 e. The third kappa shape index (κ3) is 3.95. The lowest BCUT2D eigenvalue weighted by Crippen LogP contribution is -2.44. The number of fused-ring (bicyclic) bond motifs is 1. The molecule has 0 radical (unpaired) electrons. The number of anilines is 1. The van der Waals surface area contributed by atoms with Crippen LogP contribution in [0.1, 0.15) is 12.6 Å². The van der Waals surface area contributed by atoms with Crippen LogP contribution >= 0.6 is 0 Å². The van der Waals surface area contributed by atoms with Crippen molar-refractivity contribution < 1.29 is 4.74 Å². The topological polar surface area (TPSA) is 92.2 Å². The van der Waals surface area contributed by atoms with E-state index in [1.165, 1.54) is 0 Å². The molecule has 0 unspecified atom stereocenters. The summed E-state index contributed by atoms with van der Waals surface area (Å²) in [4.78, 5) is 30.2. The summed E-state index contributed by atoms with van der Waals surface area (Å²) in [7, 11) is 2.12. The molecule has 0 atom stereocenters. The monoisotopic (exact) mass is 445 g/mol. The Hall–Kier alpha value is -3.72. The minimum absolute atomic E-state index is 0.259. The van der Waals surface area contributed by atoms with Crippen LogP contribution in [-0.2, 0) is 0 Å². The average molecular weight is 446 g/mol. The Morgan fingerprint density at radius 1 is 1.03 bits per heavy atom. The number of ether oxygens (including phenoxy) is 1. The van der Waals surface area contributed by atoms with Crippen LogP contribution in [0, 0.1) is 6.92 Å². The highest BCUT2D eigenvalue weighted by Gasteiger charge is 2.21. The van der Waals surface area contributed by atoms with E-state index in [9.17, 15) is 4.79 Å². The number of H-pyrrole nitrogens is 1. The number of benzene rings is 1. The Balaban J connectivity index is 1.59. The van der Waals surface area contributed by atoms with Gasteiger partial charge in [-0.3, -0.25) is 4.79 Å². The maximum atomic E-state index is 13.2. The minimum atomic E-state index is -0.259. The molecule has 1 N–H and O–H groups in total. The number of aromatic amines is 1. The number of hydrogen-bond acceptors (Lipinski definition) is 7. The second-order valence-electron chi connectivity index (χ2n) is 8.19. The summed E-state index contributed by atoms with van der Waals surface area (Å²) in [6, 6.07) is 13.5. The maximum absolute atomic E-state index is 13.2. The molecule has 170 valence electrons. The third-order valence-electron chi connectivity index (χ3n) is 5.91. The number of nitrogens with zero attached hydrogens (tertiary/aromatic N) is 6. The van der Waals surface area contributed by atoms with Crippen LogP contribution in [0.4, 0.5) is 5.82 Å². The van der Waals surface area contributed by atoms with E-state index in [4.69, 9.17) is 14.7 Å². The average Bonchev–Trinajstić information content (AvgIpc) is 3.17. The Bertz CT molecular complexity index is 1340. The second-order valence-corrected chi connectivity index (χ2v) is 8.19. The van der Waals surface area contributed by atoms with Crippen molar-refractivity contribution in [2.45, 2.75) is 13.8 Å². The summed E-state index contributed by atoms with van der Waals surface area (Å²) >= 11 is 0. The fourth-order valence-electron chi connectivity index (χ4n) is 4.12. The summed E-state index contributed by atoms with van der Waals surface area (Å²) in [6.45, 7) is 8.04. The van der Waals surface area contributed by atoms with E-state index in [0.29, 0.717) is 40.6 Å². The van der Waals surface area contributed by atoms with Crippen molar-refractivity contribution in [3.05, 3.63) is 58.5 Å². The molecule has 1 fully saturated rings. The van der Waals surface area contributed by atoms with Gasteiger partial charge in [0.15, 0.2) is 5.52 Å². The number of pyridine rings is 1. The van der Waals surface area contributed by atoms with Gasteiger partial charge in [-0.2, -0.15) is 10.1 Å². The standard InChI is InChI=1S/C24H27N7O2/c1-4-33-24-18(10-11-19(25-24)30-14-12-29(3)13-15-30)22-26-20-16(2)28-31(21(20)23(32)27-22)17-8-6-5-7-9-17/h5-11H,4,12-15H2,1-3H3,(H,26,27,32). The van der Waals surface area contributed by atoms with E-state index in [-0.39, 0.29) is 5.56 Å². The van der Waals surface area contributed by atoms with Gasteiger partial charge < -0.3 is 19.5 Å². The number of nitrogens with one attached hydrogen (secondary N) is 1. The van der Waals surface area contributed by atoms with Gasteiger partial charge in [0.25, 0.3) is 5.56 Å². The Labute approximate surface area is 191 Å². The summed E-state index contributed by atoms with van der Waals surface area (Å²) in [6.07, 6.45) is 0. The highest BCUT2D eigenvalue weighted by Crippen LogP contribution is 2.30. The van der Waals surface area contributed by atoms with Crippen LogP contribution in [0.2, 0.25) is 0 Å². The maximum Gasteiger partial charge on any atom is 0.277 e. The first-order valence-corrected chi connectivity index (χ1v) is 11.2. The summed E-state index contributed by atoms with van der Waals surface area (Å²) < 4.78 is 7.51. The first-order chi connectivity index (χ1) is 16.0. The van der Waals surface area contributed by atoms with Crippen LogP contribution in [0.15, 0.2) is 47.3 Å². The van der Waals surface area contributed by atoms with Gasteiger partial charge in [-0.15, -0.1) is 0 Å². The molecule has 0 aliphatic carbocycles. The van der Waals surface area contributed by atoms with Crippen LogP contribution in [0.5, 0.6) is 5.88 Å². The van der Waals surface area contributed by atoms with Crippen LogP contribution < -0.4 is 15.2 Å². The molecule has 1 saturated heterocycles. The van der Waals surface area contributed by atoms with Gasteiger partial charge in [-0.25, -0.2) is 9.67 Å². The molecule has 0 bridgehead atoms. The quantitative estimate of drug-likeness (QED) is 0.505. The van der Waals surface area contributed by atoms with Gasteiger partial charge in [-0.1, -0.05) is 18.2 Å². The molecule has 0 amide bonds. The first kappa shape index (κ1) is 21.1. The number of aromatic nitrogens is 5. The zero-order chi connectivity index (χ0) is 22.9. The largest absolute Gasteiger partial charge is 0.477 e. The second kappa shape index (κ2) is 8.67. The van der Waals surface area contributed by atoms with Crippen molar-refractivity contribution in [1.29, 1.82) is 0 Å². The van der Waals surface area contributed by atoms with E-state index >= 15 is 0 Å². The molecule has 0 spiro atoms. The normalized spacial score (nSPS) is 14.7. The lowest BCUT2D eigenvalue weighted by Gasteiger charge is -2.33. The van der Waals surface area contributed by atoms with Gasteiger partial charge >= 0.3 is 0 Å². The SMILES string of the molecule is CCOc1nc(N2CCN(C)CC2)ccc1-c1nc2c(C)nn(-c3ccccc3)c2c(=O)[nH]1. The molecule has 33 heavy (non-hydrogen) atoms. The number of likely N-dealkylation sites (N-methyl/N-ethyl adjacent to an activating group) is 1. The van der Waals surface area contributed by atoms with E-state index in [0.717, 1.165) is 37.7 Å². The van der Waals surface area contributed by atoms with Gasteiger partial charge in [0, 0.05) is 26.2 Å². The van der Waals surface area contributed by atoms with Gasteiger partial charge in [-0.05, 0) is 45.2 Å². The molecule has 3 aromatic heterocycles. The van der Waals surface area contributed by atoms with Gasteiger partial charge in [0.1, 0.15) is 17.2 Å². The molecule has 9 nitrogen and oxygen atoms in total. The van der Waals surface area contributed by atoms with Gasteiger partial charge in [0.05, 0.1) is 23.6 Å².